The van der Waals surface area contributed by atoms with E-state index in [1.165, 1.54) is 55.3 Å². The fourth-order valence-electron chi connectivity index (χ4n) is 9.12. The summed E-state index contributed by atoms with van der Waals surface area (Å²) in [4.78, 5) is 8.08. The number of benzene rings is 9. The van der Waals surface area contributed by atoms with Gasteiger partial charge >= 0.3 is 0 Å². The van der Waals surface area contributed by atoms with Crippen LogP contribution in [0.1, 0.15) is 33.4 Å². The van der Waals surface area contributed by atoms with E-state index in [0.29, 0.717) is 0 Å². The normalized spacial score (nSPS) is 11.5. The van der Waals surface area contributed by atoms with Crippen molar-refractivity contribution < 1.29 is 0 Å². The van der Waals surface area contributed by atoms with Gasteiger partial charge < -0.3 is 4.90 Å². The molecule has 0 spiro atoms. The van der Waals surface area contributed by atoms with Crippen molar-refractivity contribution in [2.45, 2.75) is 27.7 Å². The first-order valence-corrected chi connectivity index (χ1v) is 21.4. The molecule has 0 aliphatic heterocycles. The van der Waals surface area contributed by atoms with E-state index in [4.69, 9.17) is 4.98 Å². The monoisotopic (exact) mass is 797 g/mol. The van der Waals surface area contributed by atoms with E-state index in [1.54, 1.807) is 0 Å². The van der Waals surface area contributed by atoms with Gasteiger partial charge in [0.05, 0.1) is 11.0 Å². The van der Waals surface area contributed by atoms with Gasteiger partial charge in [0.1, 0.15) is 5.82 Å². The summed E-state index contributed by atoms with van der Waals surface area (Å²) >= 11 is 0. The van der Waals surface area contributed by atoms with Crippen molar-refractivity contribution in [3.8, 4) is 39.3 Å². The summed E-state index contributed by atoms with van der Waals surface area (Å²) in [7, 11) is 0. The molecule has 0 atom stereocenters. The molecule has 0 aliphatic rings. The summed E-state index contributed by atoms with van der Waals surface area (Å²) in [5, 5.41) is 2.40. The minimum Gasteiger partial charge on any atom is -0.311 e. The Morgan fingerprint density at radius 2 is 0.839 bits per heavy atom. The first kappa shape index (κ1) is 38.5. The highest BCUT2D eigenvalue weighted by Crippen LogP contribution is 2.47. The van der Waals surface area contributed by atoms with Crippen molar-refractivity contribution in [2.24, 2.45) is 0 Å². The van der Waals surface area contributed by atoms with Gasteiger partial charge in [-0.15, -0.1) is 0 Å². The molecule has 3 heteroatoms. The molecular formula is C59H47N3. The highest BCUT2D eigenvalue weighted by Gasteiger charge is 2.26. The van der Waals surface area contributed by atoms with Crippen molar-refractivity contribution in [1.29, 1.82) is 0 Å². The Kier molecular flexibility index (Phi) is 10.1. The summed E-state index contributed by atoms with van der Waals surface area (Å²) in [6.45, 7) is 8.76. The summed E-state index contributed by atoms with van der Waals surface area (Å²) in [5.41, 5.74) is 19.4. The first-order valence-electron chi connectivity index (χ1n) is 21.4. The zero-order chi connectivity index (χ0) is 42.2. The fourth-order valence-corrected chi connectivity index (χ4v) is 9.12. The van der Waals surface area contributed by atoms with Gasteiger partial charge in [-0.1, -0.05) is 174 Å². The summed E-state index contributed by atoms with van der Waals surface area (Å²) in [5.74, 6) is 0.894. The van der Waals surface area contributed by atoms with E-state index in [-0.39, 0.29) is 0 Å². The first-order chi connectivity index (χ1) is 30.4. The van der Waals surface area contributed by atoms with Gasteiger partial charge in [-0.3, -0.25) is 4.57 Å². The predicted molar refractivity (Wildman–Crippen MR) is 264 cm³/mol. The number of para-hydroxylation sites is 2. The molecule has 0 unspecified atom stereocenters. The van der Waals surface area contributed by atoms with Crippen LogP contribution < -0.4 is 4.90 Å². The Bertz CT molecular complexity index is 3190. The maximum Gasteiger partial charge on any atom is 0.145 e. The summed E-state index contributed by atoms with van der Waals surface area (Å²) in [6.07, 6.45) is 4.32. The van der Waals surface area contributed by atoms with Crippen molar-refractivity contribution in [2.75, 3.05) is 4.90 Å². The lowest BCUT2D eigenvalue weighted by atomic mass is 9.88. The number of fused-ring (bicyclic) bond motifs is 2. The number of hydrogen-bond donors (Lipinski definition) is 0. The molecule has 0 saturated heterocycles. The highest BCUT2D eigenvalue weighted by molar-refractivity contribution is 6.20. The van der Waals surface area contributed by atoms with Crippen LogP contribution in [0.4, 0.5) is 17.1 Å². The molecule has 10 aromatic rings. The number of aromatic nitrogens is 2. The van der Waals surface area contributed by atoms with Gasteiger partial charge in [0, 0.05) is 39.4 Å². The van der Waals surface area contributed by atoms with Gasteiger partial charge in [0.15, 0.2) is 0 Å². The van der Waals surface area contributed by atoms with Crippen LogP contribution in [0, 0.1) is 27.7 Å². The minimum atomic E-state index is 0.894. The van der Waals surface area contributed by atoms with Crippen molar-refractivity contribution in [3.63, 3.8) is 0 Å². The van der Waals surface area contributed by atoms with Crippen LogP contribution in [-0.2, 0) is 0 Å². The van der Waals surface area contributed by atoms with Crippen molar-refractivity contribution in [1.82, 2.24) is 9.55 Å². The Balaban J connectivity index is 1.19. The standard InChI is InChI=1S/C59H47N3/c1-40-34-41(2)37-47(36-40)55-53-22-14-15-23-54(53)56(48-38-42(3)35-43(4)39-48)58-57(55)60-59(62(58)50-20-12-7-13-21-50)46-28-32-52(33-29-46)61(49-18-10-6-11-19-49)51-30-26-45(27-31-51)25-24-44-16-8-5-9-17-44/h5-39H,1-4H3/b25-24+. The molecule has 9 aromatic carbocycles. The maximum absolute atomic E-state index is 5.76. The Labute approximate surface area is 364 Å². The SMILES string of the molecule is Cc1cc(C)cc(-c2c3ccccc3c(-c3cc(C)cc(C)c3)c3c2nc(-c2ccc(N(c4ccccc4)c4ccc(/C=C/c5ccccc5)cc4)cc2)n3-c2ccccc2)c1. The van der Waals surface area contributed by atoms with E-state index < -0.39 is 0 Å². The molecule has 3 nitrogen and oxygen atoms in total. The molecule has 1 heterocycles. The third kappa shape index (κ3) is 7.39. The largest absolute Gasteiger partial charge is 0.311 e. The fraction of sp³-hybridized carbons (Fsp3) is 0.0678. The third-order valence-electron chi connectivity index (χ3n) is 11.7. The van der Waals surface area contributed by atoms with E-state index in [1.807, 2.05) is 6.07 Å². The van der Waals surface area contributed by atoms with Crippen LogP contribution in [-0.4, -0.2) is 9.55 Å². The van der Waals surface area contributed by atoms with E-state index in [9.17, 15) is 0 Å². The Morgan fingerprint density at radius 3 is 1.40 bits per heavy atom. The minimum absolute atomic E-state index is 0.894. The van der Waals surface area contributed by atoms with E-state index in [0.717, 1.165) is 56.3 Å². The lowest BCUT2D eigenvalue weighted by molar-refractivity contribution is 1.10. The second-order valence-corrected chi connectivity index (χ2v) is 16.4. The van der Waals surface area contributed by atoms with Crippen LogP contribution >= 0.6 is 0 Å². The molecular weight excluding hydrogens is 751 g/mol. The number of aryl methyl sites for hydroxylation is 4. The van der Waals surface area contributed by atoms with Crippen molar-refractivity contribution >= 4 is 51.0 Å². The zero-order valence-electron chi connectivity index (χ0n) is 35.5. The lowest BCUT2D eigenvalue weighted by Crippen LogP contribution is -2.09. The molecule has 298 valence electrons. The average Bonchev–Trinajstić information content (AvgIpc) is 3.68. The van der Waals surface area contributed by atoms with Crippen LogP contribution in [0.2, 0.25) is 0 Å². The quantitative estimate of drug-likeness (QED) is 0.136. The summed E-state index contributed by atoms with van der Waals surface area (Å²) < 4.78 is 2.40. The second-order valence-electron chi connectivity index (χ2n) is 16.4. The van der Waals surface area contributed by atoms with Gasteiger partial charge in [-0.2, -0.15) is 0 Å². The molecule has 0 aliphatic carbocycles. The van der Waals surface area contributed by atoms with Gasteiger partial charge in [-0.05, 0) is 121 Å². The number of rotatable bonds is 9. The Morgan fingerprint density at radius 1 is 0.403 bits per heavy atom. The molecule has 0 amide bonds. The number of hydrogen-bond acceptors (Lipinski definition) is 2. The second kappa shape index (κ2) is 16.4. The molecule has 0 saturated carbocycles. The lowest BCUT2D eigenvalue weighted by Gasteiger charge is -2.25. The van der Waals surface area contributed by atoms with Gasteiger partial charge in [0.25, 0.3) is 0 Å². The smallest absolute Gasteiger partial charge is 0.145 e. The zero-order valence-corrected chi connectivity index (χ0v) is 35.5. The third-order valence-corrected chi connectivity index (χ3v) is 11.7. The highest BCUT2D eigenvalue weighted by atomic mass is 15.1. The van der Waals surface area contributed by atoms with E-state index in [2.05, 4.69) is 243 Å². The topological polar surface area (TPSA) is 21.1 Å². The number of nitrogens with zero attached hydrogens (tertiary/aromatic N) is 3. The van der Waals surface area contributed by atoms with Crippen LogP contribution in [0.3, 0.4) is 0 Å². The number of anilines is 3. The predicted octanol–water partition coefficient (Wildman–Crippen LogP) is 16.1. The van der Waals surface area contributed by atoms with Gasteiger partial charge in [0.2, 0.25) is 0 Å². The van der Waals surface area contributed by atoms with Crippen LogP contribution in [0.15, 0.2) is 200 Å². The van der Waals surface area contributed by atoms with Crippen LogP contribution in [0.25, 0.3) is 73.3 Å². The molecule has 0 radical (unpaired) electrons. The molecule has 1 aromatic heterocycles. The van der Waals surface area contributed by atoms with Gasteiger partial charge in [-0.25, -0.2) is 4.98 Å². The molecule has 10 rings (SSSR count). The molecule has 0 bridgehead atoms. The van der Waals surface area contributed by atoms with Crippen LogP contribution in [0.5, 0.6) is 0 Å². The average molecular weight is 798 g/mol. The van der Waals surface area contributed by atoms with E-state index >= 15 is 0 Å². The molecule has 62 heavy (non-hydrogen) atoms. The van der Waals surface area contributed by atoms with Crippen molar-refractivity contribution in [3.05, 3.63) is 234 Å². The molecule has 0 N–H and O–H groups in total. The number of imidazole rings is 1. The maximum atomic E-state index is 5.76. The summed E-state index contributed by atoms with van der Waals surface area (Å²) in [6, 6.07) is 72.1. The Hall–Kier alpha value is -7.75. The molecule has 0 fully saturated rings.